The van der Waals surface area contributed by atoms with Crippen molar-refractivity contribution in [2.45, 2.75) is 121 Å². The van der Waals surface area contributed by atoms with Gasteiger partial charge in [0.1, 0.15) is 35.9 Å². The maximum Gasteiger partial charge on any atom is 0.328 e. The number of aliphatic imine (C=N–C) groups is 2. The maximum absolute atomic E-state index is 14.4. The fourth-order valence-electron chi connectivity index (χ4n) is 7.46. The molecule has 9 atom stereocenters. The molecule has 74 heavy (non-hydrogen) atoms. The number of rotatable bonds is 17. The van der Waals surface area contributed by atoms with E-state index in [1.165, 1.54) is 20.9 Å². The number of carbonyl (C=O) groups is 9. The number of allylic oxidation sites excluding steroid dienone is 2. The van der Waals surface area contributed by atoms with E-state index in [0.717, 1.165) is 17.6 Å². The van der Waals surface area contributed by atoms with Gasteiger partial charge in [-0.25, -0.2) is 9.59 Å². The molecule has 0 aromatic heterocycles. The molecule has 0 aliphatic carbocycles. The lowest BCUT2D eigenvalue weighted by Gasteiger charge is -2.27. The highest BCUT2D eigenvalue weighted by molar-refractivity contribution is 6.00. The molecule has 1 aromatic rings. The second-order valence-electron chi connectivity index (χ2n) is 17.8. The largest absolute Gasteiger partial charge is 0.480 e. The van der Waals surface area contributed by atoms with E-state index >= 15 is 0 Å². The van der Waals surface area contributed by atoms with Crippen molar-refractivity contribution in [2.75, 3.05) is 34.4 Å². The van der Waals surface area contributed by atoms with Gasteiger partial charge in [-0.1, -0.05) is 74.6 Å². The summed E-state index contributed by atoms with van der Waals surface area (Å²) in [6.45, 7) is 10.2. The van der Waals surface area contributed by atoms with Crippen LogP contribution >= 0.6 is 0 Å². The van der Waals surface area contributed by atoms with Crippen LogP contribution in [0, 0.1) is 11.8 Å². The summed E-state index contributed by atoms with van der Waals surface area (Å²) >= 11 is 0. The van der Waals surface area contributed by atoms with Gasteiger partial charge in [-0.2, -0.15) is 0 Å². The van der Waals surface area contributed by atoms with Gasteiger partial charge >= 0.3 is 11.9 Å². The molecule has 408 valence electrons. The van der Waals surface area contributed by atoms with Crippen LogP contribution in [0.5, 0.6) is 0 Å². The minimum absolute atomic E-state index is 0.00536. The molecule has 1 aliphatic heterocycles. The van der Waals surface area contributed by atoms with Crippen molar-refractivity contribution in [3.63, 3.8) is 0 Å². The molecule has 25 nitrogen and oxygen atoms in total. The minimum atomic E-state index is -1.90. The summed E-state index contributed by atoms with van der Waals surface area (Å²) < 4.78 is 10.8. The number of likely N-dealkylation sites (N-methyl/N-ethyl adjacent to an activating group) is 1. The van der Waals surface area contributed by atoms with Gasteiger partial charge in [-0.3, -0.25) is 43.5 Å². The normalized spacial score (nSPS) is 23.5. The average molecular weight is 1040 g/mol. The molecule has 0 saturated carbocycles. The molecule has 2 rings (SSSR count). The second-order valence-corrected chi connectivity index (χ2v) is 17.8. The molecule has 15 N–H and O–H groups in total. The molecule has 1 fully saturated rings. The highest BCUT2D eigenvalue weighted by Crippen LogP contribution is 2.19. The maximum atomic E-state index is 14.4. The lowest BCUT2D eigenvalue weighted by molar-refractivity contribution is -0.146. The third-order valence-electron chi connectivity index (χ3n) is 11.9. The number of amides is 7. The number of hydrogen-bond acceptors (Lipinski definition) is 13. The Morgan fingerprint density at radius 2 is 1.39 bits per heavy atom. The van der Waals surface area contributed by atoms with Crippen LogP contribution in [0.4, 0.5) is 0 Å². The summed E-state index contributed by atoms with van der Waals surface area (Å²) in [5, 5.41) is 25.2. The Bertz CT molecular complexity index is 2260. The Morgan fingerprint density at radius 1 is 0.824 bits per heavy atom. The van der Waals surface area contributed by atoms with Crippen molar-refractivity contribution in [1.29, 1.82) is 0 Å². The number of nitrogens with zero attached hydrogens (tertiary/aromatic N) is 3. The number of carbonyl (C=O) groups excluding carboxylic acids is 8. The van der Waals surface area contributed by atoms with E-state index in [2.05, 4.69) is 48.5 Å². The highest BCUT2D eigenvalue weighted by Gasteiger charge is 2.34. The molecule has 0 unspecified atom stereocenters. The van der Waals surface area contributed by atoms with E-state index in [-0.39, 0.29) is 69.1 Å². The zero-order valence-electron chi connectivity index (χ0n) is 43.2. The summed E-state index contributed by atoms with van der Waals surface area (Å²) in [5.41, 5.74) is 23.2. The minimum Gasteiger partial charge on any atom is -0.480 e. The summed E-state index contributed by atoms with van der Waals surface area (Å²) in [5.74, 6) is -10.5. The molecular formula is C49H75N13O12. The topological polar surface area (TPSA) is 397 Å². The Hall–Kier alpha value is -7.83. The Kier molecular flexibility index (Phi) is 26.6. The quantitative estimate of drug-likeness (QED) is 0.0211. The van der Waals surface area contributed by atoms with Crippen LogP contribution in [0.1, 0.15) is 78.2 Å². The lowest BCUT2D eigenvalue weighted by atomic mass is 9.94. The number of methoxy groups -OCH3 is 2. The number of carboxylic acid groups (broad SMARTS) is 1. The molecule has 1 saturated heterocycles. The number of nitrogens with two attached hydrogens (primary N) is 4. The average Bonchev–Trinajstić information content (AvgIpc) is 3.35. The van der Waals surface area contributed by atoms with E-state index in [0.29, 0.717) is 12.0 Å². The van der Waals surface area contributed by atoms with E-state index < -0.39 is 114 Å². The van der Waals surface area contributed by atoms with Gasteiger partial charge in [0.15, 0.2) is 11.9 Å². The van der Waals surface area contributed by atoms with Crippen LogP contribution in [0.3, 0.4) is 0 Å². The number of nitrogens with one attached hydrogen (secondary N) is 6. The molecule has 1 aromatic carbocycles. The van der Waals surface area contributed by atoms with Crippen molar-refractivity contribution in [3.05, 3.63) is 72.0 Å². The third kappa shape index (κ3) is 21.9. The molecule has 25 heteroatoms. The zero-order valence-corrected chi connectivity index (χ0v) is 43.2. The number of esters is 1. The first kappa shape index (κ1) is 62.3. The number of benzene rings is 1. The van der Waals surface area contributed by atoms with Crippen LogP contribution in [0.25, 0.3) is 0 Å². The first-order valence-electron chi connectivity index (χ1n) is 24.0. The zero-order chi connectivity index (χ0) is 55.7. The van der Waals surface area contributed by atoms with Gasteiger partial charge in [0.05, 0.1) is 31.6 Å². The summed E-state index contributed by atoms with van der Waals surface area (Å²) in [7, 11) is 3.93. The standard InChI is InChI=1S/C49H75N13O12/c1-27(24-28(2)38(73-7)25-32-14-10-9-11-15-32)18-19-33-29(3)41(65)60-36(47(72)74-8)20-21-40(64)62(6)31(5)43(67)56-30(4)42(66)59-35(17-13-23-55-49(52)53)45(69)61-37(46(70)71)26-39(63)57-34(44(68)58-33)16-12-22-54-48(50)51/h9-11,14-15,18-19,24,28-30,33-38H,5,12-13,16-17,20-23,25-26H2,1-4,6-8H3,(H,56,67)(H,57,63)(H,58,68)(H,59,66)(H,60,65)(H,61,69)(H,70,71)(H4,50,51,54)(H4,52,53,55)/t28-,29-,30+,33-,34-,35-,36+,37+,38-/m0/s1. The van der Waals surface area contributed by atoms with Gasteiger partial charge in [0.2, 0.25) is 35.4 Å². The Morgan fingerprint density at radius 3 is 1.95 bits per heavy atom. The predicted molar refractivity (Wildman–Crippen MR) is 275 cm³/mol. The summed E-state index contributed by atoms with van der Waals surface area (Å²) in [6, 6.07) is 1.08. The second kappa shape index (κ2) is 31.6. The highest BCUT2D eigenvalue weighted by atomic mass is 16.5. The summed E-state index contributed by atoms with van der Waals surface area (Å²) in [4.78, 5) is 130. The van der Waals surface area contributed by atoms with Crippen LogP contribution in [0.15, 0.2) is 76.4 Å². The van der Waals surface area contributed by atoms with Gasteiger partial charge in [-0.15, -0.1) is 0 Å². The molecule has 0 bridgehead atoms. The van der Waals surface area contributed by atoms with Crippen molar-refractivity contribution in [3.8, 4) is 0 Å². The number of hydrogen-bond donors (Lipinski definition) is 11. The number of aliphatic carboxylic acids is 1. The number of ether oxygens (including phenoxy) is 2. The Labute approximate surface area is 431 Å². The molecular weight excluding hydrogens is 963 g/mol. The summed E-state index contributed by atoms with van der Waals surface area (Å²) in [6.07, 6.45) is 3.91. The van der Waals surface area contributed by atoms with Crippen LogP contribution in [-0.2, 0) is 59.0 Å². The van der Waals surface area contributed by atoms with E-state index in [1.807, 2.05) is 50.3 Å². The monoisotopic (exact) mass is 1040 g/mol. The predicted octanol–water partition coefficient (Wildman–Crippen LogP) is -1.53. The fourth-order valence-corrected chi connectivity index (χ4v) is 7.46. The first-order valence-corrected chi connectivity index (χ1v) is 24.0. The first-order chi connectivity index (χ1) is 34.9. The van der Waals surface area contributed by atoms with Crippen LogP contribution in [-0.4, -0.2) is 152 Å². The van der Waals surface area contributed by atoms with E-state index in [1.54, 1.807) is 19.3 Å². The van der Waals surface area contributed by atoms with Gasteiger partial charge in [-0.05, 0) is 57.9 Å². The number of guanidine groups is 2. The van der Waals surface area contributed by atoms with Crippen LogP contribution in [0.2, 0.25) is 0 Å². The van der Waals surface area contributed by atoms with Crippen molar-refractivity contribution in [1.82, 2.24) is 36.8 Å². The lowest BCUT2D eigenvalue weighted by Crippen LogP contribution is -2.56. The Balaban J connectivity index is 2.72. The molecule has 0 spiro atoms. The third-order valence-corrected chi connectivity index (χ3v) is 11.9. The fraction of sp³-hybridized carbons (Fsp3) is 0.531. The number of carboxylic acids is 1. The van der Waals surface area contributed by atoms with Crippen molar-refractivity contribution < 1.29 is 57.7 Å². The SMILES string of the molecule is C=C1C(=O)N[C@H](C)C(=O)N[C@@H](CCCN=C(N)N)C(=O)N[C@@H](C(=O)O)CC(=O)N[C@@H](CCCN=C(N)N)C(=O)N[C@@H](C=CC(C)=C[C@H](C)[C@H](Cc2ccccc2)OC)[C@H](C)C(=O)N[C@@H](C(=O)OC)CCC(=O)N1C. The molecule has 1 aliphatic rings. The van der Waals surface area contributed by atoms with Gasteiger partial charge in [0.25, 0.3) is 5.91 Å². The van der Waals surface area contributed by atoms with Gasteiger partial charge < -0.3 is 74.3 Å². The molecule has 0 radical (unpaired) electrons. The van der Waals surface area contributed by atoms with Crippen LogP contribution < -0.4 is 54.8 Å². The van der Waals surface area contributed by atoms with E-state index in [4.69, 9.17) is 32.4 Å². The smallest absolute Gasteiger partial charge is 0.328 e. The van der Waals surface area contributed by atoms with E-state index in [9.17, 15) is 48.3 Å². The molecule has 1 heterocycles. The van der Waals surface area contributed by atoms with Crippen molar-refractivity contribution >= 4 is 65.2 Å². The van der Waals surface area contributed by atoms with Crippen molar-refractivity contribution in [2.24, 2.45) is 44.8 Å². The molecule has 7 amide bonds. The van der Waals surface area contributed by atoms with Gasteiger partial charge in [0, 0.05) is 39.6 Å².